The highest BCUT2D eigenvalue weighted by atomic mass is 16.2. The zero-order valence-electron chi connectivity index (χ0n) is 13.3. The Hall–Kier alpha value is -1.69. The number of hydrogen-bond acceptors (Lipinski definition) is 5. The van der Waals surface area contributed by atoms with E-state index in [-0.39, 0.29) is 18.0 Å². The van der Waals surface area contributed by atoms with Crippen molar-refractivity contribution in [3.8, 4) is 0 Å². The molecule has 0 radical (unpaired) electrons. The fourth-order valence-corrected chi connectivity index (χ4v) is 1.42. The van der Waals surface area contributed by atoms with Crippen molar-refractivity contribution in [2.75, 3.05) is 32.6 Å². The third-order valence-electron chi connectivity index (χ3n) is 2.73. The van der Waals surface area contributed by atoms with Crippen LogP contribution in [-0.2, 0) is 11.3 Å². The summed E-state index contributed by atoms with van der Waals surface area (Å²) in [5.41, 5.74) is 1.09. The van der Waals surface area contributed by atoms with Crippen LogP contribution in [0, 0.1) is 0 Å². The summed E-state index contributed by atoms with van der Waals surface area (Å²) in [5, 5.41) is 3.38. The third-order valence-corrected chi connectivity index (χ3v) is 2.73. The van der Waals surface area contributed by atoms with Gasteiger partial charge in [-0.3, -0.25) is 4.79 Å². The number of carbonyl (C=O) groups excluding carboxylic acids is 1. The van der Waals surface area contributed by atoms with E-state index in [1.807, 2.05) is 7.05 Å². The van der Waals surface area contributed by atoms with E-state index in [0.717, 1.165) is 12.1 Å². The van der Waals surface area contributed by atoms with Crippen LogP contribution in [0.3, 0.4) is 0 Å². The van der Waals surface area contributed by atoms with Crippen LogP contribution < -0.4 is 10.2 Å². The Morgan fingerprint density at radius 2 is 1.75 bits per heavy atom. The zero-order chi connectivity index (χ0) is 15.3. The van der Waals surface area contributed by atoms with Gasteiger partial charge in [-0.15, -0.1) is 0 Å². The van der Waals surface area contributed by atoms with E-state index >= 15 is 0 Å². The molecular weight excluding hydrogens is 254 g/mol. The highest BCUT2D eigenvalue weighted by Gasteiger charge is 2.12. The summed E-state index contributed by atoms with van der Waals surface area (Å²) >= 11 is 0. The fourth-order valence-electron chi connectivity index (χ4n) is 1.42. The molecule has 0 unspecified atom stereocenters. The van der Waals surface area contributed by atoms with Crippen LogP contribution >= 0.6 is 0 Å². The van der Waals surface area contributed by atoms with Crippen LogP contribution in [0.2, 0.25) is 0 Å². The number of carbonyl (C=O) groups is 1. The first-order chi connectivity index (χ1) is 9.19. The Labute approximate surface area is 121 Å². The number of nitrogens with one attached hydrogen (secondary N) is 1. The second kappa shape index (κ2) is 6.65. The number of rotatable bonds is 5. The molecule has 0 aliphatic heterocycles. The van der Waals surface area contributed by atoms with E-state index in [9.17, 15) is 4.79 Å². The molecule has 0 fully saturated rings. The molecule has 0 aliphatic carbocycles. The van der Waals surface area contributed by atoms with Gasteiger partial charge < -0.3 is 15.1 Å². The highest BCUT2D eigenvalue weighted by Crippen LogP contribution is 2.07. The molecule has 6 heteroatoms. The van der Waals surface area contributed by atoms with Crippen LogP contribution in [0.15, 0.2) is 12.4 Å². The molecule has 0 bridgehead atoms. The number of nitrogens with zero attached hydrogens (tertiary/aromatic N) is 4. The van der Waals surface area contributed by atoms with Crippen LogP contribution in [0.25, 0.3) is 0 Å². The van der Waals surface area contributed by atoms with Crippen molar-refractivity contribution in [1.29, 1.82) is 0 Å². The van der Waals surface area contributed by atoms with Gasteiger partial charge in [0, 0.05) is 51.2 Å². The molecule has 1 aromatic heterocycles. The smallest absolute Gasteiger partial charge is 0.241 e. The lowest BCUT2D eigenvalue weighted by molar-refractivity contribution is -0.127. The summed E-state index contributed by atoms with van der Waals surface area (Å²) in [6.45, 7) is 7.34. The molecule has 20 heavy (non-hydrogen) atoms. The standard InChI is InChI=1S/C14H25N5O/c1-14(2,3)17-9-11-7-15-13(16-8-11)19(6)10-12(20)18(4)5/h7-8,17H,9-10H2,1-6H3. The van der Waals surface area contributed by atoms with Crippen LogP contribution in [0.5, 0.6) is 0 Å². The van der Waals surface area contributed by atoms with Crippen molar-refractivity contribution in [2.24, 2.45) is 0 Å². The summed E-state index contributed by atoms with van der Waals surface area (Å²) in [6, 6.07) is 0. The van der Waals surface area contributed by atoms with Crippen LogP contribution in [0.1, 0.15) is 26.3 Å². The molecule has 0 spiro atoms. The second-order valence-corrected chi connectivity index (χ2v) is 6.14. The monoisotopic (exact) mass is 279 g/mol. The number of amides is 1. The van der Waals surface area contributed by atoms with E-state index in [0.29, 0.717) is 5.95 Å². The predicted molar refractivity (Wildman–Crippen MR) is 80.6 cm³/mol. The molecular formula is C14H25N5O. The van der Waals surface area contributed by atoms with Crippen LogP contribution in [-0.4, -0.2) is 54.0 Å². The van der Waals surface area contributed by atoms with Gasteiger partial charge in [0.1, 0.15) is 0 Å². The van der Waals surface area contributed by atoms with Gasteiger partial charge in [0.05, 0.1) is 6.54 Å². The number of likely N-dealkylation sites (N-methyl/N-ethyl adjacent to an activating group) is 2. The molecule has 1 aromatic rings. The minimum atomic E-state index is 0.0228. The van der Waals surface area contributed by atoms with E-state index in [1.165, 1.54) is 0 Å². The molecule has 1 heterocycles. The van der Waals surface area contributed by atoms with Gasteiger partial charge in [0.2, 0.25) is 11.9 Å². The molecule has 0 saturated carbocycles. The quantitative estimate of drug-likeness (QED) is 0.867. The Morgan fingerprint density at radius 3 is 2.20 bits per heavy atom. The van der Waals surface area contributed by atoms with E-state index in [4.69, 9.17) is 0 Å². The molecule has 112 valence electrons. The maximum Gasteiger partial charge on any atom is 0.241 e. The molecule has 1 amide bonds. The lowest BCUT2D eigenvalue weighted by Crippen LogP contribution is -2.36. The first-order valence-electron chi connectivity index (χ1n) is 6.66. The molecule has 0 aliphatic rings. The van der Waals surface area contributed by atoms with E-state index < -0.39 is 0 Å². The maximum absolute atomic E-state index is 11.6. The zero-order valence-corrected chi connectivity index (χ0v) is 13.3. The topological polar surface area (TPSA) is 61.4 Å². The predicted octanol–water partition coefficient (Wildman–Crippen LogP) is 0.889. The van der Waals surface area contributed by atoms with Gasteiger partial charge in [-0.05, 0) is 20.8 Å². The normalized spacial score (nSPS) is 11.3. The minimum absolute atomic E-state index is 0.0228. The van der Waals surface area contributed by atoms with Crippen LogP contribution in [0.4, 0.5) is 5.95 Å². The summed E-state index contributed by atoms with van der Waals surface area (Å²) < 4.78 is 0. The van der Waals surface area contributed by atoms with Crippen molar-refractivity contribution in [2.45, 2.75) is 32.9 Å². The van der Waals surface area contributed by atoms with E-state index in [2.05, 4.69) is 36.1 Å². The average molecular weight is 279 g/mol. The van der Waals surface area contributed by atoms with Gasteiger partial charge in [-0.2, -0.15) is 0 Å². The summed E-state index contributed by atoms with van der Waals surface area (Å²) in [7, 11) is 5.28. The molecule has 1 rings (SSSR count). The molecule has 1 N–H and O–H groups in total. The fraction of sp³-hybridized carbons (Fsp3) is 0.643. The Kier molecular flexibility index (Phi) is 5.44. The molecule has 0 aromatic carbocycles. The Bertz CT molecular complexity index is 436. The van der Waals surface area contributed by atoms with Crippen molar-refractivity contribution in [1.82, 2.24) is 20.2 Å². The summed E-state index contributed by atoms with van der Waals surface area (Å²) in [6.07, 6.45) is 3.58. The number of anilines is 1. The minimum Gasteiger partial charge on any atom is -0.347 e. The Balaban J connectivity index is 2.59. The number of hydrogen-bond donors (Lipinski definition) is 1. The summed E-state index contributed by atoms with van der Waals surface area (Å²) in [5.74, 6) is 0.578. The molecule has 0 atom stereocenters. The van der Waals surface area contributed by atoms with Gasteiger partial charge >= 0.3 is 0 Å². The second-order valence-electron chi connectivity index (χ2n) is 6.14. The van der Waals surface area contributed by atoms with Crippen molar-refractivity contribution >= 4 is 11.9 Å². The SMILES string of the molecule is CN(C)C(=O)CN(C)c1ncc(CNC(C)(C)C)cn1. The van der Waals surface area contributed by atoms with Gasteiger partial charge in [0.25, 0.3) is 0 Å². The third kappa shape index (κ3) is 5.52. The highest BCUT2D eigenvalue weighted by molar-refractivity contribution is 5.80. The largest absolute Gasteiger partial charge is 0.347 e. The van der Waals surface area contributed by atoms with Gasteiger partial charge in [-0.25, -0.2) is 9.97 Å². The van der Waals surface area contributed by atoms with Gasteiger partial charge in [-0.1, -0.05) is 0 Å². The van der Waals surface area contributed by atoms with Crippen molar-refractivity contribution in [3.05, 3.63) is 18.0 Å². The first-order valence-corrected chi connectivity index (χ1v) is 6.66. The van der Waals surface area contributed by atoms with E-state index in [1.54, 1.807) is 36.3 Å². The lowest BCUT2D eigenvalue weighted by Gasteiger charge is -2.21. The maximum atomic E-state index is 11.6. The molecule has 0 saturated heterocycles. The van der Waals surface area contributed by atoms with Crippen molar-refractivity contribution < 1.29 is 4.79 Å². The summed E-state index contributed by atoms with van der Waals surface area (Å²) in [4.78, 5) is 23.5. The van der Waals surface area contributed by atoms with Crippen molar-refractivity contribution in [3.63, 3.8) is 0 Å². The number of aromatic nitrogens is 2. The Morgan fingerprint density at radius 1 is 1.20 bits per heavy atom. The lowest BCUT2D eigenvalue weighted by atomic mass is 10.1. The average Bonchev–Trinajstić information content (AvgIpc) is 2.35. The first kappa shape index (κ1) is 16.4. The molecule has 6 nitrogen and oxygen atoms in total. The van der Waals surface area contributed by atoms with Gasteiger partial charge in [0.15, 0.2) is 0 Å².